The highest BCUT2D eigenvalue weighted by atomic mass is 79.9. The van der Waals surface area contributed by atoms with Crippen LogP contribution in [0.4, 0.5) is 0 Å². The molecule has 0 spiro atoms. The van der Waals surface area contributed by atoms with Crippen molar-refractivity contribution in [2.24, 2.45) is 0 Å². The second-order valence-corrected chi connectivity index (χ2v) is 5.42. The lowest BCUT2D eigenvalue weighted by atomic mass is 10.1. The van der Waals surface area contributed by atoms with Gasteiger partial charge in [-0.3, -0.25) is 0 Å². The smallest absolute Gasteiger partial charge is 0.118 e. The summed E-state index contributed by atoms with van der Waals surface area (Å²) in [5.74, 6) is 0.892. The number of methoxy groups -OCH3 is 1. The van der Waals surface area contributed by atoms with Gasteiger partial charge in [0.25, 0.3) is 0 Å². The number of nitrogens with one attached hydrogen (secondary N) is 1. The van der Waals surface area contributed by atoms with Gasteiger partial charge in [0.15, 0.2) is 0 Å². The fourth-order valence-electron chi connectivity index (χ4n) is 1.91. The van der Waals surface area contributed by atoms with Crippen molar-refractivity contribution in [3.8, 4) is 5.75 Å². The van der Waals surface area contributed by atoms with Gasteiger partial charge in [-0.2, -0.15) is 0 Å². The molecule has 3 heteroatoms. The molecule has 0 aromatic heterocycles. The number of rotatable bonds is 5. The van der Waals surface area contributed by atoms with Gasteiger partial charge in [0.1, 0.15) is 5.75 Å². The molecular formula is C16H18BrNO. The molecule has 19 heavy (non-hydrogen) atoms. The molecule has 1 atom stereocenters. The summed E-state index contributed by atoms with van der Waals surface area (Å²) in [6, 6.07) is 16.8. The Balaban J connectivity index is 1.94. The molecule has 1 N–H and O–H groups in total. The molecule has 0 saturated carbocycles. The van der Waals surface area contributed by atoms with E-state index in [0.29, 0.717) is 6.04 Å². The summed E-state index contributed by atoms with van der Waals surface area (Å²) in [6.45, 7) is 3.02. The van der Waals surface area contributed by atoms with E-state index in [9.17, 15) is 0 Å². The molecule has 2 aromatic rings. The van der Waals surface area contributed by atoms with Crippen LogP contribution in [0.2, 0.25) is 0 Å². The Morgan fingerprint density at radius 2 is 1.89 bits per heavy atom. The van der Waals surface area contributed by atoms with Crippen molar-refractivity contribution in [1.82, 2.24) is 5.32 Å². The Hall–Kier alpha value is -1.32. The summed E-state index contributed by atoms with van der Waals surface area (Å²) in [4.78, 5) is 0. The number of hydrogen-bond donors (Lipinski definition) is 1. The molecule has 100 valence electrons. The van der Waals surface area contributed by atoms with Crippen molar-refractivity contribution in [3.05, 3.63) is 64.1 Å². The first-order valence-corrected chi connectivity index (χ1v) is 7.10. The fraction of sp³-hybridized carbons (Fsp3) is 0.250. The Morgan fingerprint density at radius 1 is 1.16 bits per heavy atom. The highest BCUT2D eigenvalue weighted by Crippen LogP contribution is 2.18. The lowest BCUT2D eigenvalue weighted by Gasteiger charge is -2.14. The largest absolute Gasteiger partial charge is 0.497 e. The molecule has 0 bridgehead atoms. The maximum atomic E-state index is 5.15. The summed E-state index contributed by atoms with van der Waals surface area (Å²) in [6.07, 6.45) is 0. The minimum Gasteiger partial charge on any atom is -0.497 e. The average molecular weight is 320 g/mol. The van der Waals surface area contributed by atoms with Crippen LogP contribution in [-0.2, 0) is 6.54 Å². The van der Waals surface area contributed by atoms with E-state index in [2.05, 4.69) is 58.5 Å². The quantitative estimate of drug-likeness (QED) is 0.886. The van der Waals surface area contributed by atoms with E-state index in [1.54, 1.807) is 7.11 Å². The zero-order chi connectivity index (χ0) is 13.7. The lowest BCUT2D eigenvalue weighted by molar-refractivity contribution is 0.414. The van der Waals surface area contributed by atoms with E-state index < -0.39 is 0 Å². The monoisotopic (exact) mass is 319 g/mol. The minimum atomic E-state index is 0.319. The first-order chi connectivity index (χ1) is 9.19. The van der Waals surface area contributed by atoms with E-state index in [0.717, 1.165) is 16.8 Å². The van der Waals surface area contributed by atoms with Gasteiger partial charge in [-0.15, -0.1) is 0 Å². The molecule has 0 saturated heterocycles. The van der Waals surface area contributed by atoms with Crippen LogP contribution in [-0.4, -0.2) is 7.11 Å². The first kappa shape index (κ1) is 14.1. The summed E-state index contributed by atoms with van der Waals surface area (Å²) in [5, 5.41) is 3.52. The normalized spacial score (nSPS) is 12.2. The van der Waals surface area contributed by atoms with E-state index in [4.69, 9.17) is 4.74 Å². The summed E-state index contributed by atoms with van der Waals surface area (Å²) >= 11 is 3.50. The van der Waals surface area contributed by atoms with Crippen LogP contribution in [0.1, 0.15) is 24.1 Å². The fourth-order valence-corrected chi connectivity index (χ4v) is 2.33. The predicted molar refractivity (Wildman–Crippen MR) is 82.4 cm³/mol. The third-order valence-electron chi connectivity index (χ3n) is 3.12. The van der Waals surface area contributed by atoms with Crippen LogP contribution in [0.25, 0.3) is 0 Å². The van der Waals surface area contributed by atoms with Crippen LogP contribution < -0.4 is 10.1 Å². The van der Waals surface area contributed by atoms with E-state index in [-0.39, 0.29) is 0 Å². The molecule has 0 radical (unpaired) electrons. The van der Waals surface area contributed by atoms with E-state index >= 15 is 0 Å². The van der Waals surface area contributed by atoms with Crippen molar-refractivity contribution in [2.45, 2.75) is 19.5 Å². The van der Waals surface area contributed by atoms with Gasteiger partial charge in [0.05, 0.1) is 7.11 Å². The van der Waals surface area contributed by atoms with Crippen LogP contribution in [0.5, 0.6) is 5.75 Å². The zero-order valence-corrected chi connectivity index (χ0v) is 12.8. The van der Waals surface area contributed by atoms with Crippen molar-refractivity contribution < 1.29 is 4.74 Å². The molecule has 0 aliphatic carbocycles. The highest BCUT2D eigenvalue weighted by molar-refractivity contribution is 9.10. The average Bonchev–Trinajstić information content (AvgIpc) is 2.45. The van der Waals surface area contributed by atoms with E-state index in [1.165, 1.54) is 11.1 Å². The molecular weight excluding hydrogens is 302 g/mol. The zero-order valence-electron chi connectivity index (χ0n) is 11.2. The van der Waals surface area contributed by atoms with Gasteiger partial charge < -0.3 is 10.1 Å². The highest BCUT2D eigenvalue weighted by Gasteiger charge is 2.05. The maximum Gasteiger partial charge on any atom is 0.118 e. The first-order valence-electron chi connectivity index (χ1n) is 6.31. The van der Waals surface area contributed by atoms with Crippen molar-refractivity contribution in [2.75, 3.05) is 7.11 Å². The van der Waals surface area contributed by atoms with E-state index in [1.807, 2.05) is 18.2 Å². The second-order valence-electron chi connectivity index (χ2n) is 4.51. The molecule has 2 nitrogen and oxygen atoms in total. The minimum absolute atomic E-state index is 0.319. The third kappa shape index (κ3) is 4.08. The van der Waals surface area contributed by atoms with Crippen LogP contribution >= 0.6 is 15.9 Å². The van der Waals surface area contributed by atoms with Gasteiger partial charge in [0, 0.05) is 17.1 Å². The summed E-state index contributed by atoms with van der Waals surface area (Å²) < 4.78 is 6.27. The van der Waals surface area contributed by atoms with Crippen LogP contribution in [0, 0.1) is 0 Å². The van der Waals surface area contributed by atoms with Gasteiger partial charge in [-0.1, -0.05) is 40.2 Å². The SMILES string of the molecule is COc1ccc(CN[C@@H](C)c2cccc(Br)c2)cc1. The van der Waals surface area contributed by atoms with Gasteiger partial charge in [-0.25, -0.2) is 0 Å². The molecule has 0 heterocycles. The Kier molecular flexibility index (Phi) is 5.00. The Morgan fingerprint density at radius 3 is 2.53 bits per heavy atom. The second kappa shape index (κ2) is 6.73. The van der Waals surface area contributed by atoms with Gasteiger partial charge >= 0.3 is 0 Å². The molecule has 0 aliphatic heterocycles. The lowest BCUT2D eigenvalue weighted by Crippen LogP contribution is -2.17. The molecule has 0 aliphatic rings. The molecule has 0 unspecified atom stereocenters. The number of benzene rings is 2. The van der Waals surface area contributed by atoms with Gasteiger partial charge in [0.2, 0.25) is 0 Å². The molecule has 2 aromatic carbocycles. The summed E-state index contributed by atoms with van der Waals surface area (Å²) in [5.41, 5.74) is 2.53. The van der Waals surface area contributed by atoms with Gasteiger partial charge in [-0.05, 0) is 42.3 Å². The van der Waals surface area contributed by atoms with Crippen molar-refractivity contribution in [1.29, 1.82) is 0 Å². The molecule has 0 amide bonds. The Bertz CT molecular complexity index is 525. The Labute approximate surface area is 122 Å². The standard InChI is InChI=1S/C16H18BrNO/c1-12(14-4-3-5-15(17)10-14)18-11-13-6-8-16(19-2)9-7-13/h3-10,12,18H,11H2,1-2H3/t12-/m0/s1. The molecule has 0 fully saturated rings. The van der Waals surface area contributed by atoms with Crippen LogP contribution in [0.15, 0.2) is 53.0 Å². The van der Waals surface area contributed by atoms with Crippen molar-refractivity contribution in [3.63, 3.8) is 0 Å². The van der Waals surface area contributed by atoms with Crippen LogP contribution in [0.3, 0.4) is 0 Å². The number of halogens is 1. The predicted octanol–water partition coefficient (Wildman–Crippen LogP) is 4.31. The van der Waals surface area contributed by atoms with Crippen molar-refractivity contribution >= 4 is 15.9 Å². The number of hydrogen-bond acceptors (Lipinski definition) is 2. The maximum absolute atomic E-state index is 5.15. The molecule has 2 rings (SSSR count). The number of ether oxygens (including phenoxy) is 1. The third-order valence-corrected chi connectivity index (χ3v) is 3.61. The summed E-state index contributed by atoms with van der Waals surface area (Å²) in [7, 11) is 1.68. The topological polar surface area (TPSA) is 21.3 Å².